The molecule has 0 aliphatic carbocycles. The number of methoxy groups -OCH3 is 1. The first-order chi connectivity index (χ1) is 12.2. The fraction of sp³-hybridized carbons (Fsp3) is 0.400. The summed E-state index contributed by atoms with van der Waals surface area (Å²) in [6.45, 7) is 3.32. The van der Waals surface area contributed by atoms with Crippen molar-refractivity contribution in [3.8, 4) is 5.75 Å². The molecule has 1 N–H and O–H groups in total. The Morgan fingerprint density at radius 1 is 1.36 bits per heavy atom. The van der Waals surface area contributed by atoms with Crippen molar-refractivity contribution >= 4 is 6.03 Å². The molecule has 0 saturated carbocycles. The van der Waals surface area contributed by atoms with Gasteiger partial charge in [0.25, 0.3) is 0 Å². The molecule has 3 rings (SSSR count). The number of ether oxygens (including phenoxy) is 1. The van der Waals surface area contributed by atoms with Crippen LogP contribution in [0.5, 0.6) is 5.75 Å². The molecule has 0 spiro atoms. The smallest absolute Gasteiger partial charge is 0.318 e. The highest BCUT2D eigenvalue weighted by Crippen LogP contribution is 2.33. The normalized spacial score (nSPS) is 16.7. The minimum Gasteiger partial charge on any atom is -0.497 e. The number of nitrogens with one attached hydrogen (secondary N) is 1. The van der Waals surface area contributed by atoms with E-state index in [9.17, 15) is 4.79 Å². The van der Waals surface area contributed by atoms with Crippen molar-refractivity contribution in [2.45, 2.75) is 38.8 Å². The molecule has 2 aromatic rings. The van der Waals surface area contributed by atoms with Crippen molar-refractivity contribution in [3.63, 3.8) is 0 Å². The van der Waals surface area contributed by atoms with Gasteiger partial charge in [0, 0.05) is 12.7 Å². The van der Waals surface area contributed by atoms with E-state index in [2.05, 4.69) is 29.4 Å². The summed E-state index contributed by atoms with van der Waals surface area (Å²) >= 11 is 0. The number of hydrogen-bond donors (Lipinski definition) is 1. The van der Waals surface area contributed by atoms with E-state index in [4.69, 9.17) is 4.74 Å². The van der Waals surface area contributed by atoms with E-state index >= 15 is 0 Å². The average Bonchev–Trinajstić information content (AvgIpc) is 3.16. The maximum absolute atomic E-state index is 12.6. The number of hydrogen-bond acceptors (Lipinski definition) is 3. The molecule has 0 radical (unpaired) electrons. The molecule has 1 unspecified atom stereocenters. The maximum Gasteiger partial charge on any atom is 0.318 e. The van der Waals surface area contributed by atoms with E-state index in [0.717, 1.165) is 42.8 Å². The van der Waals surface area contributed by atoms with Gasteiger partial charge in [0.15, 0.2) is 0 Å². The van der Waals surface area contributed by atoms with Crippen molar-refractivity contribution in [2.24, 2.45) is 0 Å². The molecule has 1 aromatic carbocycles. The first kappa shape index (κ1) is 17.3. The predicted molar refractivity (Wildman–Crippen MR) is 97.5 cm³/mol. The van der Waals surface area contributed by atoms with Gasteiger partial charge in [0.2, 0.25) is 0 Å². The standard InChI is InChI=1S/C20H25N3O2/c1-3-15-9-10-17(21-13-15)14-22-20(24)23-11-5-8-19(23)16-6-4-7-18(12-16)25-2/h4,6-7,9-10,12-13,19H,3,5,8,11,14H2,1-2H3,(H,22,24). The highest BCUT2D eigenvalue weighted by atomic mass is 16.5. The van der Waals surface area contributed by atoms with Crippen LogP contribution in [0, 0.1) is 0 Å². The van der Waals surface area contributed by atoms with E-state index in [0.29, 0.717) is 6.54 Å². The van der Waals surface area contributed by atoms with Gasteiger partial charge in [-0.25, -0.2) is 4.79 Å². The number of aromatic nitrogens is 1. The van der Waals surface area contributed by atoms with E-state index in [1.165, 1.54) is 5.56 Å². The van der Waals surface area contributed by atoms with Crippen LogP contribution in [0.4, 0.5) is 4.79 Å². The van der Waals surface area contributed by atoms with Crippen molar-refractivity contribution < 1.29 is 9.53 Å². The molecule has 2 heterocycles. The largest absolute Gasteiger partial charge is 0.497 e. The third-order valence-corrected chi connectivity index (χ3v) is 4.71. The number of rotatable bonds is 5. The van der Waals surface area contributed by atoms with Crippen LogP contribution in [0.1, 0.15) is 42.6 Å². The van der Waals surface area contributed by atoms with Crippen LogP contribution in [-0.4, -0.2) is 29.6 Å². The van der Waals surface area contributed by atoms with Crippen LogP contribution in [0.15, 0.2) is 42.6 Å². The van der Waals surface area contributed by atoms with E-state index < -0.39 is 0 Å². The Hall–Kier alpha value is -2.56. The fourth-order valence-corrected chi connectivity index (χ4v) is 3.24. The van der Waals surface area contributed by atoms with Crippen LogP contribution in [0.3, 0.4) is 0 Å². The van der Waals surface area contributed by atoms with Crippen LogP contribution in [0.25, 0.3) is 0 Å². The lowest BCUT2D eigenvalue weighted by molar-refractivity contribution is 0.192. The fourth-order valence-electron chi connectivity index (χ4n) is 3.24. The van der Waals surface area contributed by atoms with Gasteiger partial charge in [0.1, 0.15) is 5.75 Å². The van der Waals surface area contributed by atoms with Crippen LogP contribution in [0.2, 0.25) is 0 Å². The summed E-state index contributed by atoms with van der Waals surface area (Å²) in [5, 5.41) is 3.00. The molecule has 1 aliphatic rings. The second kappa shape index (κ2) is 8.01. The van der Waals surface area contributed by atoms with Gasteiger partial charge < -0.3 is 15.0 Å². The SMILES string of the molecule is CCc1ccc(CNC(=O)N2CCCC2c2cccc(OC)c2)nc1. The number of urea groups is 1. The molecule has 1 aromatic heterocycles. The second-order valence-corrected chi connectivity index (χ2v) is 6.30. The lowest BCUT2D eigenvalue weighted by atomic mass is 10.0. The van der Waals surface area contributed by atoms with Gasteiger partial charge in [-0.2, -0.15) is 0 Å². The van der Waals surface area contributed by atoms with Crippen molar-refractivity contribution in [1.29, 1.82) is 0 Å². The first-order valence-corrected chi connectivity index (χ1v) is 8.83. The zero-order valence-electron chi connectivity index (χ0n) is 14.9. The first-order valence-electron chi connectivity index (χ1n) is 8.83. The van der Waals surface area contributed by atoms with Crippen molar-refractivity contribution in [3.05, 3.63) is 59.4 Å². The predicted octanol–water partition coefficient (Wildman–Crippen LogP) is 3.70. The molecular formula is C20H25N3O2. The minimum absolute atomic E-state index is 0.0355. The number of nitrogens with zero attached hydrogens (tertiary/aromatic N) is 2. The molecule has 2 amide bonds. The third-order valence-electron chi connectivity index (χ3n) is 4.71. The van der Waals surface area contributed by atoms with Gasteiger partial charge in [-0.05, 0) is 48.6 Å². The van der Waals surface area contributed by atoms with Gasteiger partial charge in [-0.3, -0.25) is 4.98 Å². The number of likely N-dealkylation sites (tertiary alicyclic amines) is 1. The summed E-state index contributed by atoms with van der Waals surface area (Å²) in [6, 6.07) is 12.1. The molecule has 5 nitrogen and oxygen atoms in total. The van der Waals surface area contributed by atoms with Crippen LogP contribution >= 0.6 is 0 Å². The average molecular weight is 339 g/mol. The Kier molecular flexibility index (Phi) is 5.53. The number of pyridine rings is 1. The van der Waals surface area contributed by atoms with E-state index in [-0.39, 0.29) is 12.1 Å². The minimum atomic E-state index is -0.0355. The Morgan fingerprint density at radius 3 is 2.96 bits per heavy atom. The Bertz CT molecular complexity index is 715. The summed E-state index contributed by atoms with van der Waals surface area (Å²) in [6.07, 6.45) is 4.83. The maximum atomic E-state index is 12.6. The van der Waals surface area contributed by atoms with Crippen molar-refractivity contribution in [1.82, 2.24) is 15.2 Å². The van der Waals surface area contributed by atoms with Gasteiger partial charge in [-0.1, -0.05) is 25.1 Å². The molecule has 0 bridgehead atoms. The number of amides is 2. The monoisotopic (exact) mass is 339 g/mol. The van der Waals surface area contributed by atoms with E-state index in [1.807, 2.05) is 35.4 Å². The molecule has 25 heavy (non-hydrogen) atoms. The number of carbonyl (C=O) groups is 1. The molecular weight excluding hydrogens is 314 g/mol. The van der Waals surface area contributed by atoms with Crippen molar-refractivity contribution in [2.75, 3.05) is 13.7 Å². The Labute approximate surface area is 149 Å². The Morgan fingerprint density at radius 2 is 2.24 bits per heavy atom. The molecule has 132 valence electrons. The van der Waals surface area contributed by atoms with E-state index in [1.54, 1.807) is 7.11 Å². The molecule has 1 atom stereocenters. The number of carbonyl (C=O) groups excluding carboxylic acids is 1. The topological polar surface area (TPSA) is 54.5 Å². The lowest BCUT2D eigenvalue weighted by Crippen LogP contribution is -2.39. The zero-order chi connectivity index (χ0) is 17.6. The summed E-state index contributed by atoms with van der Waals surface area (Å²) < 4.78 is 5.31. The summed E-state index contributed by atoms with van der Waals surface area (Å²) in [5.74, 6) is 0.824. The summed E-state index contributed by atoms with van der Waals surface area (Å²) in [5.41, 5.74) is 3.20. The van der Waals surface area contributed by atoms with Crippen LogP contribution in [-0.2, 0) is 13.0 Å². The van der Waals surface area contributed by atoms with Crippen LogP contribution < -0.4 is 10.1 Å². The summed E-state index contributed by atoms with van der Waals surface area (Å²) in [4.78, 5) is 18.9. The number of aryl methyl sites for hydroxylation is 1. The molecule has 5 heteroatoms. The quantitative estimate of drug-likeness (QED) is 0.904. The zero-order valence-corrected chi connectivity index (χ0v) is 14.9. The highest BCUT2D eigenvalue weighted by molar-refractivity contribution is 5.75. The molecule has 1 aliphatic heterocycles. The summed E-state index contributed by atoms with van der Waals surface area (Å²) in [7, 11) is 1.66. The highest BCUT2D eigenvalue weighted by Gasteiger charge is 2.30. The lowest BCUT2D eigenvalue weighted by Gasteiger charge is -2.25. The Balaban J connectivity index is 1.63. The molecule has 1 fully saturated rings. The molecule has 1 saturated heterocycles. The third kappa shape index (κ3) is 4.10. The second-order valence-electron chi connectivity index (χ2n) is 6.30. The van der Waals surface area contributed by atoms with Gasteiger partial charge >= 0.3 is 6.03 Å². The number of benzene rings is 1. The van der Waals surface area contributed by atoms with Gasteiger partial charge in [0.05, 0.1) is 25.4 Å². The van der Waals surface area contributed by atoms with Gasteiger partial charge in [-0.15, -0.1) is 0 Å².